The molecule has 0 radical (unpaired) electrons. The van der Waals surface area contributed by atoms with Gasteiger partial charge in [0.2, 0.25) is 0 Å². The average molecular weight is 525 g/mol. The van der Waals surface area contributed by atoms with Crippen LogP contribution in [0.5, 0.6) is 5.75 Å². The number of anilines is 2. The Bertz CT molecular complexity index is 1420. The molecule has 2 N–H and O–H groups in total. The molecule has 0 atom stereocenters. The minimum atomic E-state index is -1.02. The molecule has 200 valence electrons. The topological polar surface area (TPSA) is 96.8 Å². The number of rotatable bonds is 11. The number of carbonyl (C=O) groups is 1. The number of fused-ring (bicyclic) bond motifs is 1. The molecule has 0 bridgehead atoms. The van der Waals surface area contributed by atoms with Gasteiger partial charge in [0.05, 0.1) is 25.3 Å². The van der Waals surface area contributed by atoms with Crippen LogP contribution in [0.25, 0.3) is 17.0 Å². The van der Waals surface area contributed by atoms with E-state index in [2.05, 4.69) is 44.5 Å². The second-order valence-electron chi connectivity index (χ2n) is 9.44. The van der Waals surface area contributed by atoms with Crippen molar-refractivity contribution in [2.75, 3.05) is 44.8 Å². The maximum atomic E-state index is 11.3. The lowest BCUT2D eigenvalue weighted by atomic mass is 10.0. The summed E-state index contributed by atoms with van der Waals surface area (Å²) >= 11 is 0. The van der Waals surface area contributed by atoms with E-state index in [0.717, 1.165) is 62.8 Å². The van der Waals surface area contributed by atoms with Gasteiger partial charge in [-0.3, -0.25) is 4.90 Å². The SMILES string of the molecule is O=C(O)C=Cc1cc2c(Nc3ccc(Cc4ccccc4)cc3)ncnc2cc1OCCCN1CCOCC1. The summed E-state index contributed by atoms with van der Waals surface area (Å²) in [7, 11) is 0. The largest absolute Gasteiger partial charge is 0.493 e. The highest BCUT2D eigenvalue weighted by atomic mass is 16.5. The molecular weight excluding hydrogens is 492 g/mol. The number of hydrogen-bond donors (Lipinski definition) is 2. The molecule has 1 saturated heterocycles. The molecule has 0 amide bonds. The van der Waals surface area contributed by atoms with Crippen LogP contribution in [0.1, 0.15) is 23.1 Å². The Hall–Kier alpha value is -4.27. The number of benzene rings is 3. The Labute approximate surface area is 227 Å². The van der Waals surface area contributed by atoms with E-state index in [4.69, 9.17) is 9.47 Å². The molecule has 8 nitrogen and oxygen atoms in total. The van der Waals surface area contributed by atoms with Gasteiger partial charge in [-0.05, 0) is 48.2 Å². The number of hydrogen-bond acceptors (Lipinski definition) is 7. The molecule has 39 heavy (non-hydrogen) atoms. The van der Waals surface area contributed by atoms with Crippen molar-refractivity contribution in [2.24, 2.45) is 0 Å². The number of morpholine rings is 1. The fraction of sp³-hybridized carbons (Fsp3) is 0.258. The average Bonchev–Trinajstić information content (AvgIpc) is 2.96. The molecule has 0 unspecified atom stereocenters. The lowest BCUT2D eigenvalue weighted by Gasteiger charge is -2.26. The zero-order valence-corrected chi connectivity index (χ0v) is 21.8. The second-order valence-corrected chi connectivity index (χ2v) is 9.44. The van der Waals surface area contributed by atoms with Crippen LogP contribution in [0.15, 0.2) is 79.1 Å². The maximum absolute atomic E-state index is 11.3. The van der Waals surface area contributed by atoms with Gasteiger partial charge in [-0.25, -0.2) is 14.8 Å². The lowest BCUT2D eigenvalue weighted by molar-refractivity contribution is -0.131. The van der Waals surface area contributed by atoms with Gasteiger partial charge < -0.3 is 19.9 Å². The van der Waals surface area contributed by atoms with Crippen molar-refractivity contribution >= 4 is 34.5 Å². The zero-order chi connectivity index (χ0) is 26.9. The standard InChI is InChI=1S/C31H32N4O4/c36-30(37)12-9-25-20-27-28(21-29(25)39-16-4-13-35-14-17-38-18-15-35)32-22-33-31(27)34-26-10-7-24(8-11-26)19-23-5-2-1-3-6-23/h1-3,5-12,20-22H,4,13-19H2,(H,36,37)(H,32,33,34). The number of carboxylic acid groups (broad SMARTS) is 1. The summed E-state index contributed by atoms with van der Waals surface area (Å²) in [6.45, 7) is 4.85. The summed E-state index contributed by atoms with van der Waals surface area (Å²) < 4.78 is 11.5. The number of nitrogens with zero attached hydrogens (tertiary/aromatic N) is 3. The Kier molecular flexibility index (Phi) is 8.78. The van der Waals surface area contributed by atoms with Crippen molar-refractivity contribution in [3.8, 4) is 5.75 Å². The zero-order valence-electron chi connectivity index (χ0n) is 21.8. The van der Waals surface area contributed by atoms with Crippen molar-refractivity contribution < 1.29 is 19.4 Å². The smallest absolute Gasteiger partial charge is 0.328 e. The first kappa shape index (κ1) is 26.3. The molecule has 1 aromatic heterocycles. The summed E-state index contributed by atoms with van der Waals surface area (Å²) in [5.41, 5.74) is 4.76. The third-order valence-electron chi connectivity index (χ3n) is 6.62. The van der Waals surface area contributed by atoms with Crippen molar-refractivity contribution in [1.29, 1.82) is 0 Å². The number of ether oxygens (including phenoxy) is 2. The molecule has 2 heterocycles. The Balaban J connectivity index is 1.32. The first-order valence-electron chi connectivity index (χ1n) is 13.2. The van der Waals surface area contributed by atoms with Gasteiger partial charge in [-0.2, -0.15) is 0 Å². The fourth-order valence-electron chi connectivity index (χ4n) is 4.59. The molecule has 0 aliphatic carbocycles. The molecular formula is C31H32N4O4. The third-order valence-corrected chi connectivity index (χ3v) is 6.62. The van der Waals surface area contributed by atoms with Crippen LogP contribution in [-0.2, 0) is 16.0 Å². The highest BCUT2D eigenvalue weighted by Crippen LogP contribution is 2.31. The van der Waals surface area contributed by atoms with Crippen molar-refractivity contribution in [1.82, 2.24) is 14.9 Å². The van der Waals surface area contributed by atoms with Gasteiger partial charge in [0, 0.05) is 48.4 Å². The van der Waals surface area contributed by atoms with Crippen LogP contribution in [-0.4, -0.2) is 65.4 Å². The van der Waals surface area contributed by atoms with Crippen molar-refractivity contribution in [3.05, 3.63) is 95.8 Å². The summed E-state index contributed by atoms with van der Waals surface area (Å²) in [5, 5.41) is 13.4. The van der Waals surface area contributed by atoms with Crippen molar-refractivity contribution in [2.45, 2.75) is 12.8 Å². The molecule has 1 fully saturated rings. The van der Waals surface area contributed by atoms with E-state index in [-0.39, 0.29) is 0 Å². The van der Waals surface area contributed by atoms with Crippen LogP contribution < -0.4 is 10.1 Å². The number of carboxylic acids is 1. The Morgan fingerprint density at radius 1 is 1.03 bits per heavy atom. The van der Waals surface area contributed by atoms with E-state index in [1.807, 2.05) is 42.5 Å². The first-order chi connectivity index (χ1) is 19.1. The highest BCUT2D eigenvalue weighted by Gasteiger charge is 2.12. The van der Waals surface area contributed by atoms with Crippen LogP contribution in [0.3, 0.4) is 0 Å². The van der Waals surface area contributed by atoms with Crippen LogP contribution in [0, 0.1) is 0 Å². The second kappa shape index (κ2) is 13.0. The Morgan fingerprint density at radius 2 is 1.79 bits per heavy atom. The van der Waals surface area contributed by atoms with E-state index >= 15 is 0 Å². The van der Waals surface area contributed by atoms with Gasteiger partial charge in [0.15, 0.2) is 0 Å². The number of aliphatic carboxylic acids is 1. The van der Waals surface area contributed by atoms with E-state index in [1.165, 1.54) is 17.5 Å². The van der Waals surface area contributed by atoms with E-state index < -0.39 is 5.97 Å². The summed E-state index contributed by atoms with van der Waals surface area (Å²) in [6, 6.07) is 22.3. The summed E-state index contributed by atoms with van der Waals surface area (Å²) in [5.74, 6) is 0.211. The summed E-state index contributed by atoms with van der Waals surface area (Å²) in [6.07, 6.45) is 5.91. The van der Waals surface area contributed by atoms with Gasteiger partial charge in [-0.15, -0.1) is 0 Å². The molecule has 0 spiro atoms. The van der Waals surface area contributed by atoms with Gasteiger partial charge >= 0.3 is 5.97 Å². The summed E-state index contributed by atoms with van der Waals surface area (Å²) in [4.78, 5) is 22.5. The monoisotopic (exact) mass is 524 g/mol. The molecule has 0 saturated carbocycles. The van der Waals surface area contributed by atoms with Crippen LogP contribution >= 0.6 is 0 Å². The fourth-order valence-corrected chi connectivity index (χ4v) is 4.59. The normalized spacial score (nSPS) is 14.1. The van der Waals surface area contributed by atoms with Gasteiger partial charge in [0.1, 0.15) is 17.9 Å². The molecule has 5 rings (SSSR count). The minimum absolute atomic E-state index is 0.516. The third kappa shape index (κ3) is 7.40. The van der Waals surface area contributed by atoms with Gasteiger partial charge in [0.25, 0.3) is 0 Å². The quantitative estimate of drug-likeness (QED) is 0.205. The first-order valence-corrected chi connectivity index (χ1v) is 13.2. The molecule has 4 aromatic rings. The highest BCUT2D eigenvalue weighted by molar-refractivity contribution is 5.95. The minimum Gasteiger partial charge on any atom is -0.493 e. The molecule has 1 aliphatic heterocycles. The Morgan fingerprint density at radius 3 is 2.56 bits per heavy atom. The van der Waals surface area contributed by atoms with E-state index in [0.29, 0.717) is 29.3 Å². The number of aromatic nitrogens is 2. The number of nitrogens with one attached hydrogen (secondary N) is 1. The van der Waals surface area contributed by atoms with Crippen LogP contribution in [0.4, 0.5) is 11.5 Å². The molecule has 8 heteroatoms. The predicted molar refractivity (Wildman–Crippen MR) is 153 cm³/mol. The lowest BCUT2D eigenvalue weighted by Crippen LogP contribution is -2.37. The van der Waals surface area contributed by atoms with E-state index in [9.17, 15) is 9.90 Å². The van der Waals surface area contributed by atoms with Gasteiger partial charge in [-0.1, -0.05) is 42.5 Å². The van der Waals surface area contributed by atoms with Crippen LogP contribution in [0.2, 0.25) is 0 Å². The maximum Gasteiger partial charge on any atom is 0.328 e. The predicted octanol–water partition coefficient (Wildman–Crippen LogP) is 5.16. The van der Waals surface area contributed by atoms with E-state index in [1.54, 1.807) is 6.08 Å². The van der Waals surface area contributed by atoms with Crippen molar-refractivity contribution in [3.63, 3.8) is 0 Å². The molecule has 3 aromatic carbocycles. The molecule has 1 aliphatic rings.